The lowest BCUT2D eigenvalue weighted by Crippen LogP contribution is -1.90. The van der Waals surface area contributed by atoms with E-state index in [1.807, 2.05) is 6.07 Å². The molecule has 4 heteroatoms. The van der Waals surface area contributed by atoms with Crippen molar-refractivity contribution in [2.24, 2.45) is 0 Å². The van der Waals surface area contributed by atoms with Gasteiger partial charge in [0.05, 0.1) is 5.69 Å². The van der Waals surface area contributed by atoms with Crippen molar-refractivity contribution in [1.82, 2.24) is 4.98 Å². The molecular weight excluding hydrogens is 307 g/mol. The van der Waals surface area contributed by atoms with Gasteiger partial charge in [0, 0.05) is 16.1 Å². The van der Waals surface area contributed by atoms with E-state index in [1.165, 1.54) is 22.6 Å². The van der Waals surface area contributed by atoms with Gasteiger partial charge in [0.25, 0.3) is 0 Å². The Morgan fingerprint density at radius 1 is 1.13 bits per heavy atom. The van der Waals surface area contributed by atoms with Gasteiger partial charge in [-0.25, -0.2) is 9.37 Å². The minimum Gasteiger partial charge on any atom is -0.331 e. The SMILES string of the molecule is CCCc1sc(Nc2cccc(F)c2)nc1-c1ccc(C)cc1. The Hall–Kier alpha value is -2.20. The zero-order valence-corrected chi connectivity index (χ0v) is 14.1. The van der Waals surface area contributed by atoms with E-state index < -0.39 is 0 Å². The predicted molar refractivity (Wildman–Crippen MR) is 96.0 cm³/mol. The lowest BCUT2D eigenvalue weighted by molar-refractivity contribution is 0.628. The van der Waals surface area contributed by atoms with Crippen molar-refractivity contribution in [2.45, 2.75) is 26.7 Å². The number of hydrogen-bond acceptors (Lipinski definition) is 3. The van der Waals surface area contributed by atoms with Crippen LogP contribution < -0.4 is 5.32 Å². The molecule has 0 unspecified atom stereocenters. The quantitative estimate of drug-likeness (QED) is 0.626. The van der Waals surface area contributed by atoms with Crippen molar-refractivity contribution in [1.29, 1.82) is 0 Å². The summed E-state index contributed by atoms with van der Waals surface area (Å²) in [6.07, 6.45) is 2.06. The largest absolute Gasteiger partial charge is 0.331 e. The molecule has 2 aromatic carbocycles. The number of hydrogen-bond donors (Lipinski definition) is 1. The van der Waals surface area contributed by atoms with E-state index in [-0.39, 0.29) is 5.82 Å². The van der Waals surface area contributed by atoms with Crippen molar-refractivity contribution in [3.63, 3.8) is 0 Å². The molecule has 3 rings (SSSR count). The van der Waals surface area contributed by atoms with Gasteiger partial charge >= 0.3 is 0 Å². The first kappa shape index (κ1) is 15.7. The smallest absolute Gasteiger partial charge is 0.187 e. The van der Waals surface area contributed by atoms with Gasteiger partial charge in [-0.1, -0.05) is 49.2 Å². The summed E-state index contributed by atoms with van der Waals surface area (Å²) in [5.74, 6) is -0.251. The first-order valence-electron chi connectivity index (χ1n) is 7.75. The molecule has 118 valence electrons. The van der Waals surface area contributed by atoms with Crippen LogP contribution in [-0.4, -0.2) is 4.98 Å². The number of rotatable bonds is 5. The molecule has 23 heavy (non-hydrogen) atoms. The highest BCUT2D eigenvalue weighted by atomic mass is 32.1. The molecule has 0 fully saturated rings. The van der Waals surface area contributed by atoms with Crippen LogP contribution in [0, 0.1) is 12.7 Å². The zero-order valence-electron chi connectivity index (χ0n) is 13.3. The summed E-state index contributed by atoms with van der Waals surface area (Å²) in [4.78, 5) is 6.00. The van der Waals surface area contributed by atoms with Gasteiger partial charge in [-0.2, -0.15) is 0 Å². The molecule has 1 aromatic heterocycles. The van der Waals surface area contributed by atoms with Gasteiger partial charge in [0.15, 0.2) is 5.13 Å². The third-order valence-electron chi connectivity index (χ3n) is 3.58. The van der Waals surface area contributed by atoms with Crippen molar-refractivity contribution in [3.05, 3.63) is 64.8 Å². The molecule has 1 heterocycles. The molecule has 0 saturated carbocycles. The Kier molecular flexibility index (Phi) is 4.72. The molecule has 0 amide bonds. The summed E-state index contributed by atoms with van der Waals surface area (Å²) in [5, 5.41) is 4.01. The standard InChI is InChI=1S/C19H19FN2S/c1-3-5-17-18(14-10-8-13(2)9-11-14)22-19(23-17)21-16-7-4-6-15(20)12-16/h4,6-12H,3,5H2,1-2H3,(H,21,22). The van der Waals surface area contributed by atoms with Gasteiger partial charge < -0.3 is 5.32 Å². The van der Waals surface area contributed by atoms with Crippen molar-refractivity contribution >= 4 is 22.2 Å². The maximum absolute atomic E-state index is 13.3. The normalized spacial score (nSPS) is 10.7. The van der Waals surface area contributed by atoms with Crippen LogP contribution >= 0.6 is 11.3 Å². The van der Waals surface area contributed by atoms with Crippen LogP contribution in [0.1, 0.15) is 23.8 Å². The number of benzene rings is 2. The van der Waals surface area contributed by atoms with Crippen LogP contribution in [0.15, 0.2) is 48.5 Å². The van der Waals surface area contributed by atoms with Crippen LogP contribution in [0.4, 0.5) is 15.2 Å². The number of thiazole rings is 1. The second-order valence-corrected chi connectivity index (χ2v) is 6.63. The molecule has 0 spiro atoms. The molecule has 0 saturated heterocycles. The Morgan fingerprint density at radius 2 is 1.91 bits per heavy atom. The number of nitrogens with one attached hydrogen (secondary N) is 1. The molecule has 1 N–H and O–H groups in total. The summed E-state index contributed by atoms with van der Waals surface area (Å²) in [6, 6.07) is 14.9. The Bertz CT molecular complexity index is 793. The van der Waals surface area contributed by atoms with Crippen LogP contribution in [0.5, 0.6) is 0 Å². The molecule has 3 aromatic rings. The Balaban J connectivity index is 1.93. The van der Waals surface area contributed by atoms with E-state index in [0.29, 0.717) is 0 Å². The second-order valence-electron chi connectivity index (χ2n) is 5.54. The van der Waals surface area contributed by atoms with E-state index in [0.717, 1.165) is 34.9 Å². The average Bonchev–Trinajstić information content (AvgIpc) is 2.91. The van der Waals surface area contributed by atoms with Gasteiger partial charge in [0.1, 0.15) is 5.82 Å². The van der Waals surface area contributed by atoms with E-state index in [9.17, 15) is 4.39 Å². The maximum Gasteiger partial charge on any atom is 0.187 e. The first-order chi connectivity index (χ1) is 11.2. The molecule has 0 aliphatic carbocycles. The van der Waals surface area contributed by atoms with Crippen LogP contribution in [-0.2, 0) is 6.42 Å². The summed E-state index contributed by atoms with van der Waals surface area (Å²) in [5.41, 5.74) is 4.11. The summed E-state index contributed by atoms with van der Waals surface area (Å²) in [6.45, 7) is 4.24. The molecule has 0 aliphatic rings. The molecule has 0 bridgehead atoms. The van der Waals surface area contributed by atoms with Crippen molar-refractivity contribution in [3.8, 4) is 11.3 Å². The van der Waals surface area contributed by atoms with Gasteiger partial charge in [0.2, 0.25) is 0 Å². The van der Waals surface area contributed by atoms with E-state index in [2.05, 4.69) is 43.4 Å². The monoisotopic (exact) mass is 326 g/mol. The third kappa shape index (κ3) is 3.77. The minimum absolute atomic E-state index is 0.251. The molecule has 0 aliphatic heterocycles. The predicted octanol–water partition coefficient (Wildman–Crippen LogP) is 5.95. The third-order valence-corrected chi connectivity index (χ3v) is 4.61. The lowest BCUT2D eigenvalue weighted by atomic mass is 10.1. The molecular formula is C19H19FN2S. The van der Waals surface area contributed by atoms with Gasteiger partial charge in [-0.15, -0.1) is 11.3 Å². The molecule has 2 nitrogen and oxygen atoms in total. The zero-order chi connectivity index (χ0) is 16.2. The van der Waals surface area contributed by atoms with E-state index >= 15 is 0 Å². The van der Waals surface area contributed by atoms with Crippen LogP contribution in [0.2, 0.25) is 0 Å². The van der Waals surface area contributed by atoms with Crippen LogP contribution in [0.3, 0.4) is 0 Å². The fourth-order valence-electron chi connectivity index (χ4n) is 2.43. The summed E-state index contributed by atoms with van der Waals surface area (Å²) in [7, 11) is 0. The van der Waals surface area contributed by atoms with Crippen molar-refractivity contribution < 1.29 is 4.39 Å². The van der Waals surface area contributed by atoms with Crippen LogP contribution in [0.25, 0.3) is 11.3 Å². The molecule has 0 radical (unpaired) electrons. The first-order valence-corrected chi connectivity index (χ1v) is 8.56. The second kappa shape index (κ2) is 6.92. The van der Waals surface area contributed by atoms with Gasteiger partial charge in [-0.05, 0) is 31.5 Å². The molecule has 0 atom stereocenters. The fourth-order valence-corrected chi connectivity index (χ4v) is 3.53. The minimum atomic E-state index is -0.251. The number of aromatic nitrogens is 1. The number of anilines is 2. The Morgan fingerprint density at radius 3 is 2.61 bits per heavy atom. The van der Waals surface area contributed by atoms with E-state index in [1.54, 1.807) is 17.4 Å². The number of nitrogens with zero attached hydrogens (tertiary/aromatic N) is 1. The van der Waals surface area contributed by atoms with Crippen molar-refractivity contribution in [2.75, 3.05) is 5.32 Å². The lowest BCUT2D eigenvalue weighted by Gasteiger charge is -2.02. The number of halogens is 1. The van der Waals surface area contributed by atoms with Gasteiger partial charge in [-0.3, -0.25) is 0 Å². The summed E-state index contributed by atoms with van der Waals surface area (Å²) >= 11 is 1.64. The Labute approximate surface area is 140 Å². The highest BCUT2D eigenvalue weighted by molar-refractivity contribution is 7.16. The van der Waals surface area contributed by atoms with E-state index in [4.69, 9.17) is 4.98 Å². The highest BCUT2D eigenvalue weighted by Crippen LogP contribution is 2.33. The number of aryl methyl sites for hydroxylation is 2. The maximum atomic E-state index is 13.3. The average molecular weight is 326 g/mol. The highest BCUT2D eigenvalue weighted by Gasteiger charge is 2.13. The fraction of sp³-hybridized carbons (Fsp3) is 0.211. The topological polar surface area (TPSA) is 24.9 Å². The summed E-state index contributed by atoms with van der Waals surface area (Å²) < 4.78 is 13.3.